The predicted molar refractivity (Wildman–Crippen MR) is 65.5 cm³/mol. The molecule has 0 N–H and O–H groups in total. The Kier molecular flexibility index (Phi) is 3.82. The minimum atomic E-state index is -0.327. The monoisotopic (exact) mass is 218 g/mol. The Morgan fingerprint density at radius 1 is 1.38 bits per heavy atom. The van der Waals surface area contributed by atoms with Crippen molar-refractivity contribution < 1.29 is 4.92 Å². The summed E-state index contributed by atoms with van der Waals surface area (Å²) in [6.45, 7) is 11.4. The van der Waals surface area contributed by atoms with Crippen LogP contribution < -0.4 is 0 Å². The van der Waals surface area contributed by atoms with Crippen molar-refractivity contribution in [2.24, 2.45) is 0 Å². The van der Waals surface area contributed by atoms with E-state index in [1.54, 1.807) is 18.2 Å². The van der Waals surface area contributed by atoms with E-state index in [2.05, 4.69) is 13.5 Å². The number of nitrogens with zero attached hydrogens (tertiary/aromatic N) is 1. The highest BCUT2D eigenvalue weighted by atomic mass is 16.6. The Balaban J connectivity index is 3.44. The fourth-order valence-electron chi connectivity index (χ4n) is 1.68. The lowest BCUT2D eigenvalue weighted by Crippen LogP contribution is -2.03. The zero-order valence-corrected chi connectivity index (χ0v) is 9.64. The maximum absolute atomic E-state index is 11.1. The highest BCUT2D eigenvalue weighted by Crippen LogP contribution is 2.34. The van der Waals surface area contributed by atoms with Crippen LogP contribution in [0.3, 0.4) is 0 Å². The van der Waals surface area contributed by atoms with Crippen molar-refractivity contribution in [1.82, 2.24) is 0 Å². The molecule has 1 aromatic rings. The van der Waals surface area contributed by atoms with Crippen molar-refractivity contribution in [2.45, 2.75) is 25.7 Å². The lowest BCUT2D eigenvalue weighted by molar-refractivity contribution is -0.386. The number of rotatable bonds is 4. The minimum absolute atomic E-state index is 0.123. The molecule has 0 amide bonds. The molecule has 0 heterocycles. The lowest BCUT2D eigenvalue weighted by atomic mass is 9.92. The predicted octanol–water partition coefficient (Wildman–Crippen LogP) is 3.82. The van der Waals surface area contributed by atoms with Crippen molar-refractivity contribution >= 4 is 5.69 Å². The van der Waals surface area contributed by atoms with Gasteiger partial charge in [0.2, 0.25) is 0 Å². The van der Waals surface area contributed by atoms with Crippen LogP contribution >= 0.6 is 0 Å². The summed E-state index contributed by atoms with van der Waals surface area (Å²) in [4.78, 5) is 10.8. The van der Waals surface area contributed by atoms with Crippen LogP contribution in [-0.2, 0) is 0 Å². The molecule has 0 aromatic heterocycles. The molecule has 3 heteroatoms. The molecule has 3 nitrogen and oxygen atoms in total. The molecule has 0 bridgehead atoms. The van der Waals surface area contributed by atoms with E-state index >= 15 is 0 Å². The summed E-state index contributed by atoms with van der Waals surface area (Å²) in [5.41, 5.74) is 1.56. The largest absolute Gasteiger partial charge is 0.276 e. The van der Waals surface area contributed by atoms with E-state index in [1.807, 2.05) is 19.9 Å². The third-order valence-corrected chi connectivity index (χ3v) is 2.59. The van der Waals surface area contributed by atoms with Gasteiger partial charge in [0.1, 0.15) is 0 Å². The molecule has 16 heavy (non-hydrogen) atoms. The SMILES string of the molecule is [CH2]C(C=C)c1cccc(C(C)C)c1[N+](=O)[O-]. The normalized spacial score (nSPS) is 12.5. The van der Waals surface area contributed by atoms with Gasteiger partial charge < -0.3 is 0 Å². The van der Waals surface area contributed by atoms with Gasteiger partial charge in [0.15, 0.2) is 0 Å². The molecule has 0 aliphatic carbocycles. The highest BCUT2D eigenvalue weighted by molar-refractivity contribution is 5.52. The second-order valence-corrected chi connectivity index (χ2v) is 4.04. The summed E-state index contributed by atoms with van der Waals surface area (Å²) in [6, 6.07) is 5.37. The third kappa shape index (κ3) is 2.30. The number of hydrogen-bond donors (Lipinski definition) is 0. The Bertz CT molecular complexity index is 410. The smallest absolute Gasteiger partial charge is 0.258 e. The number of hydrogen-bond acceptors (Lipinski definition) is 2. The maximum atomic E-state index is 11.1. The van der Waals surface area contributed by atoms with Gasteiger partial charge in [-0.3, -0.25) is 10.1 Å². The molecule has 1 unspecified atom stereocenters. The summed E-state index contributed by atoms with van der Waals surface area (Å²) in [7, 11) is 0. The van der Waals surface area contributed by atoms with Crippen LogP contribution in [-0.4, -0.2) is 4.92 Å². The summed E-state index contributed by atoms with van der Waals surface area (Å²) in [5.74, 6) is -0.128. The standard InChI is InChI=1S/C13H16NO2/c1-5-10(4)12-8-6-7-11(9(2)3)13(12)14(15)16/h5-10H,1,4H2,2-3H3. The van der Waals surface area contributed by atoms with Gasteiger partial charge >= 0.3 is 0 Å². The highest BCUT2D eigenvalue weighted by Gasteiger charge is 2.23. The van der Waals surface area contributed by atoms with E-state index in [-0.39, 0.29) is 22.4 Å². The fourth-order valence-corrected chi connectivity index (χ4v) is 1.68. The molecule has 0 aliphatic heterocycles. The number of allylic oxidation sites excluding steroid dienone is 1. The van der Waals surface area contributed by atoms with Crippen molar-refractivity contribution in [1.29, 1.82) is 0 Å². The van der Waals surface area contributed by atoms with Crippen LogP contribution in [0, 0.1) is 17.0 Å². The van der Waals surface area contributed by atoms with E-state index in [1.165, 1.54) is 0 Å². The third-order valence-electron chi connectivity index (χ3n) is 2.59. The first kappa shape index (κ1) is 12.4. The first-order valence-corrected chi connectivity index (χ1v) is 5.21. The van der Waals surface area contributed by atoms with Gasteiger partial charge in [0, 0.05) is 17.0 Å². The second-order valence-electron chi connectivity index (χ2n) is 4.04. The average molecular weight is 218 g/mol. The molecular formula is C13H16NO2. The molecule has 0 saturated carbocycles. The maximum Gasteiger partial charge on any atom is 0.276 e. The number of nitro groups is 1. The molecule has 0 aliphatic rings. The van der Waals surface area contributed by atoms with Gasteiger partial charge in [-0.15, -0.1) is 6.58 Å². The Morgan fingerprint density at radius 3 is 2.38 bits per heavy atom. The van der Waals surface area contributed by atoms with E-state index in [9.17, 15) is 10.1 Å². The molecule has 0 fully saturated rings. The van der Waals surface area contributed by atoms with E-state index in [4.69, 9.17) is 0 Å². The first-order valence-electron chi connectivity index (χ1n) is 5.21. The Labute approximate surface area is 95.9 Å². The van der Waals surface area contributed by atoms with E-state index in [0.717, 1.165) is 5.56 Å². The van der Waals surface area contributed by atoms with Gasteiger partial charge in [-0.25, -0.2) is 0 Å². The fraction of sp³-hybridized carbons (Fsp3) is 0.308. The lowest BCUT2D eigenvalue weighted by Gasteiger charge is -2.12. The average Bonchev–Trinajstić information content (AvgIpc) is 2.26. The zero-order chi connectivity index (χ0) is 12.3. The molecule has 1 atom stereocenters. The van der Waals surface area contributed by atoms with Gasteiger partial charge in [-0.05, 0) is 12.8 Å². The van der Waals surface area contributed by atoms with Crippen LogP contribution in [0.15, 0.2) is 30.9 Å². The molecule has 1 radical (unpaired) electrons. The quantitative estimate of drug-likeness (QED) is 0.438. The number of para-hydroxylation sites is 1. The summed E-state index contributed by atoms with van der Waals surface area (Å²) < 4.78 is 0. The van der Waals surface area contributed by atoms with Crippen molar-refractivity contribution in [3.05, 3.63) is 59.0 Å². The minimum Gasteiger partial charge on any atom is -0.258 e. The Hall–Kier alpha value is -1.64. The topological polar surface area (TPSA) is 43.1 Å². The van der Waals surface area contributed by atoms with Crippen molar-refractivity contribution in [3.8, 4) is 0 Å². The second kappa shape index (κ2) is 4.92. The van der Waals surface area contributed by atoms with Gasteiger partial charge in [0.05, 0.1) is 4.92 Å². The van der Waals surface area contributed by atoms with Gasteiger partial charge in [0.25, 0.3) is 5.69 Å². The van der Waals surface area contributed by atoms with Crippen LogP contribution in [0.4, 0.5) is 5.69 Å². The molecule has 1 rings (SSSR count). The molecule has 0 spiro atoms. The Morgan fingerprint density at radius 2 is 1.94 bits per heavy atom. The molecule has 1 aromatic carbocycles. The number of benzene rings is 1. The van der Waals surface area contributed by atoms with Gasteiger partial charge in [-0.2, -0.15) is 0 Å². The first-order chi connectivity index (χ1) is 7.49. The molecule has 0 saturated heterocycles. The van der Waals surface area contributed by atoms with Crippen LogP contribution in [0.2, 0.25) is 0 Å². The van der Waals surface area contributed by atoms with Crippen LogP contribution in [0.5, 0.6) is 0 Å². The molecular weight excluding hydrogens is 202 g/mol. The summed E-state index contributed by atoms with van der Waals surface area (Å²) in [5, 5.41) is 11.1. The van der Waals surface area contributed by atoms with Crippen molar-refractivity contribution in [2.75, 3.05) is 0 Å². The van der Waals surface area contributed by atoms with Crippen LogP contribution in [0.25, 0.3) is 0 Å². The van der Waals surface area contributed by atoms with E-state index in [0.29, 0.717) is 5.56 Å². The van der Waals surface area contributed by atoms with E-state index < -0.39 is 0 Å². The zero-order valence-electron chi connectivity index (χ0n) is 9.64. The number of nitro benzene ring substituents is 1. The van der Waals surface area contributed by atoms with Crippen LogP contribution in [0.1, 0.15) is 36.8 Å². The summed E-state index contributed by atoms with van der Waals surface area (Å²) in [6.07, 6.45) is 1.62. The van der Waals surface area contributed by atoms with Crippen molar-refractivity contribution in [3.63, 3.8) is 0 Å². The molecule has 85 valence electrons. The summed E-state index contributed by atoms with van der Waals surface area (Å²) >= 11 is 0. The van der Waals surface area contributed by atoms with Gasteiger partial charge in [-0.1, -0.05) is 38.1 Å².